The molecule has 0 saturated heterocycles. The van der Waals surface area contributed by atoms with Gasteiger partial charge in [0.05, 0.1) is 13.1 Å². The fourth-order valence-corrected chi connectivity index (χ4v) is 1.54. The Morgan fingerprint density at radius 2 is 2.29 bits per heavy atom. The average molecular weight is 235 g/mol. The SMILES string of the molecule is CC(C)CNCc1nccn1Cc1ncon1. The molecule has 92 valence electrons. The Morgan fingerprint density at radius 3 is 3.00 bits per heavy atom. The molecule has 0 aliphatic rings. The molecule has 0 amide bonds. The highest BCUT2D eigenvalue weighted by Gasteiger charge is 2.06. The first kappa shape index (κ1) is 11.8. The van der Waals surface area contributed by atoms with Crippen molar-refractivity contribution in [1.29, 1.82) is 0 Å². The van der Waals surface area contributed by atoms with Crippen molar-refractivity contribution in [2.45, 2.75) is 26.9 Å². The van der Waals surface area contributed by atoms with Crippen molar-refractivity contribution in [3.05, 3.63) is 30.4 Å². The van der Waals surface area contributed by atoms with Crippen molar-refractivity contribution in [3.63, 3.8) is 0 Å². The maximum atomic E-state index is 4.71. The number of nitrogens with one attached hydrogen (secondary N) is 1. The summed E-state index contributed by atoms with van der Waals surface area (Å²) in [5, 5.41) is 7.15. The van der Waals surface area contributed by atoms with Crippen molar-refractivity contribution in [2.75, 3.05) is 6.54 Å². The summed E-state index contributed by atoms with van der Waals surface area (Å²) in [4.78, 5) is 8.30. The van der Waals surface area contributed by atoms with Crippen molar-refractivity contribution < 1.29 is 4.52 Å². The first-order chi connectivity index (χ1) is 8.25. The van der Waals surface area contributed by atoms with Crippen LogP contribution >= 0.6 is 0 Å². The Labute approximate surface area is 100 Å². The molecule has 1 N–H and O–H groups in total. The zero-order valence-electron chi connectivity index (χ0n) is 10.1. The monoisotopic (exact) mass is 235 g/mol. The lowest BCUT2D eigenvalue weighted by Gasteiger charge is -2.08. The van der Waals surface area contributed by atoms with Crippen molar-refractivity contribution >= 4 is 0 Å². The zero-order chi connectivity index (χ0) is 12.1. The predicted octanol–water partition coefficient (Wildman–Crippen LogP) is 1.06. The highest BCUT2D eigenvalue weighted by Crippen LogP contribution is 2.01. The fourth-order valence-electron chi connectivity index (χ4n) is 1.54. The second-order valence-electron chi connectivity index (χ2n) is 4.34. The lowest BCUT2D eigenvalue weighted by atomic mass is 10.2. The third-order valence-electron chi connectivity index (χ3n) is 2.36. The molecule has 2 heterocycles. The van der Waals surface area contributed by atoms with Crippen LogP contribution in [0.3, 0.4) is 0 Å². The number of rotatable bonds is 6. The standard InChI is InChI=1S/C11H17N5O/c1-9(2)5-12-6-11-13-3-4-16(11)7-10-14-8-17-15-10/h3-4,8-9,12H,5-7H2,1-2H3. The van der Waals surface area contributed by atoms with Gasteiger partial charge in [0.15, 0.2) is 5.82 Å². The lowest BCUT2D eigenvalue weighted by molar-refractivity contribution is 0.407. The minimum Gasteiger partial charge on any atom is -0.343 e. The van der Waals surface area contributed by atoms with Gasteiger partial charge in [-0.25, -0.2) is 4.98 Å². The van der Waals surface area contributed by atoms with Gasteiger partial charge in [0.25, 0.3) is 0 Å². The first-order valence-electron chi connectivity index (χ1n) is 5.71. The van der Waals surface area contributed by atoms with Gasteiger partial charge in [-0.3, -0.25) is 0 Å². The Hall–Kier alpha value is -1.69. The number of imidazole rings is 1. The molecule has 2 aromatic rings. The topological polar surface area (TPSA) is 68.8 Å². The van der Waals surface area contributed by atoms with Gasteiger partial charge >= 0.3 is 0 Å². The molecule has 0 aromatic carbocycles. The summed E-state index contributed by atoms with van der Waals surface area (Å²) in [7, 11) is 0. The van der Waals surface area contributed by atoms with Crippen LogP contribution in [0.4, 0.5) is 0 Å². The molecule has 17 heavy (non-hydrogen) atoms. The predicted molar refractivity (Wildman–Crippen MR) is 62.2 cm³/mol. The number of hydrogen-bond acceptors (Lipinski definition) is 5. The van der Waals surface area contributed by atoms with Crippen LogP contribution < -0.4 is 5.32 Å². The molecular formula is C11H17N5O. The van der Waals surface area contributed by atoms with E-state index in [-0.39, 0.29) is 0 Å². The zero-order valence-corrected chi connectivity index (χ0v) is 10.1. The molecule has 0 bridgehead atoms. The normalized spacial score (nSPS) is 11.2. The number of aromatic nitrogens is 4. The Balaban J connectivity index is 1.92. The molecule has 2 aromatic heterocycles. The second kappa shape index (κ2) is 5.58. The van der Waals surface area contributed by atoms with Crippen LogP contribution in [0.5, 0.6) is 0 Å². The lowest BCUT2D eigenvalue weighted by Crippen LogP contribution is -2.21. The second-order valence-corrected chi connectivity index (χ2v) is 4.34. The maximum absolute atomic E-state index is 4.71. The molecular weight excluding hydrogens is 218 g/mol. The molecule has 0 saturated carbocycles. The maximum Gasteiger partial charge on any atom is 0.213 e. The van der Waals surface area contributed by atoms with Crippen LogP contribution in [-0.2, 0) is 13.1 Å². The largest absolute Gasteiger partial charge is 0.343 e. The summed E-state index contributed by atoms with van der Waals surface area (Å²) < 4.78 is 6.72. The molecule has 6 nitrogen and oxygen atoms in total. The molecule has 0 radical (unpaired) electrons. The highest BCUT2D eigenvalue weighted by molar-refractivity contribution is 4.95. The highest BCUT2D eigenvalue weighted by atomic mass is 16.5. The molecule has 0 aliphatic heterocycles. The van der Waals surface area contributed by atoms with Gasteiger partial charge in [-0.15, -0.1) is 0 Å². The van der Waals surface area contributed by atoms with Crippen LogP contribution in [0, 0.1) is 5.92 Å². The summed E-state index contributed by atoms with van der Waals surface area (Å²) in [6.07, 6.45) is 5.04. The Bertz CT molecular complexity index is 434. The smallest absolute Gasteiger partial charge is 0.213 e. The van der Waals surface area contributed by atoms with Crippen molar-refractivity contribution in [1.82, 2.24) is 25.0 Å². The van der Waals surface area contributed by atoms with E-state index in [1.54, 1.807) is 6.20 Å². The van der Waals surface area contributed by atoms with Gasteiger partial charge < -0.3 is 14.4 Å². The van der Waals surface area contributed by atoms with E-state index >= 15 is 0 Å². The van der Waals surface area contributed by atoms with E-state index in [1.165, 1.54) is 6.39 Å². The van der Waals surface area contributed by atoms with Gasteiger partial charge in [0.2, 0.25) is 6.39 Å². The van der Waals surface area contributed by atoms with Crippen molar-refractivity contribution in [2.24, 2.45) is 5.92 Å². The van der Waals surface area contributed by atoms with E-state index in [2.05, 4.69) is 34.3 Å². The van der Waals surface area contributed by atoms with Gasteiger partial charge in [0.1, 0.15) is 5.82 Å². The van der Waals surface area contributed by atoms with Gasteiger partial charge in [-0.1, -0.05) is 19.0 Å². The molecule has 6 heteroatoms. The van der Waals surface area contributed by atoms with Crippen molar-refractivity contribution in [3.8, 4) is 0 Å². The van der Waals surface area contributed by atoms with Crippen LogP contribution in [0.1, 0.15) is 25.5 Å². The molecule has 0 spiro atoms. The van der Waals surface area contributed by atoms with E-state index in [0.29, 0.717) is 18.3 Å². The van der Waals surface area contributed by atoms with Crippen LogP contribution in [0.15, 0.2) is 23.3 Å². The third-order valence-corrected chi connectivity index (χ3v) is 2.36. The van der Waals surface area contributed by atoms with E-state index < -0.39 is 0 Å². The van der Waals surface area contributed by atoms with E-state index in [1.807, 2.05) is 10.8 Å². The van der Waals surface area contributed by atoms with E-state index in [4.69, 9.17) is 4.52 Å². The summed E-state index contributed by atoms with van der Waals surface area (Å²) in [6, 6.07) is 0. The molecule has 2 rings (SSSR count). The summed E-state index contributed by atoms with van der Waals surface area (Å²) in [6.45, 7) is 6.69. The third kappa shape index (κ3) is 3.39. The van der Waals surface area contributed by atoms with Crippen LogP contribution in [0.2, 0.25) is 0 Å². The van der Waals surface area contributed by atoms with Gasteiger partial charge in [-0.2, -0.15) is 4.98 Å². The minimum absolute atomic E-state index is 0.592. The van der Waals surface area contributed by atoms with Crippen LogP contribution in [0.25, 0.3) is 0 Å². The fraction of sp³-hybridized carbons (Fsp3) is 0.545. The Morgan fingerprint density at radius 1 is 1.41 bits per heavy atom. The van der Waals surface area contributed by atoms with E-state index in [9.17, 15) is 0 Å². The molecule has 0 aliphatic carbocycles. The summed E-state index contributed by atoms with van der Waals surface area (Å²) in [5.74, 6) is 2.28. The number of hydrogen-bond donors (Lipinski definition) is 1. The number of nitrogens with zero attached hydrogens (tertiary/aromatic N) is 4. The summed E-state index contributed by atoms with van der Waals surface area (Å²) >= 11 is 0. The average Bonchev–Trinajstić information content (AvgIpc) is 2.91. The van der Waals surface area contributed by atoms with Crippen LogP contribution in [-0.4, -0.2) is 26.2 Å². The molecule has 0 fully saturated rings. The molecule has 0 unspecified atom stereocenters. The Kier molecular flexibility index (Phi) is 3.87. The minimum atomic E-state index is 0.592. The van der Waals surface area contributed by atoms with Gasteiger partial charge in [-0.05, 0) is 12.5 Å². The van der Waals surface area contributed by atoms with Gasteiger partial charge in [0, 0.05) is 12.4 Å². The molecule has 0 atom stereocenters. The quantitative estimate of drug-likeness (QED) is 0.810. The van der Waals surface area contributed by atoms with E-state index in [0.717, 1.165) is 18.9 Å². The first-order valence-corrected chi connectivity index (χ1v) is 5.71. The summed E-state index contributed by atoms with van der Waals surface area (Å²) in [5.41, 5.74) is 0.